The molecular weight excluding hydrogens is 429 g/mol. The predicted molar refractivity (Wildman–Crippen MR) is 106 cm³/mol. The third-order valence-electron chi connectivity index (χ3n) is 3.51. The molecule has 2 N–H and O–H groups in total. The Morgan fingerprint density at radius 1 is 1.23 bits per heavy atom. The molecule has 3 rings (SSSR count). The molecule has 22 heavy (non-hydrogen) atoms. The Balaban J connectivity index is 0.00000176. The monoisotopic (exact) mass is 449 g/mol. The van der Waals surface area contributed by atoms with E-state index in [1.807, 2.05) is 11.6 Å². The first kappa shape index (κ1) is 17.5. The molecule has 3 heterocycles. The maximum atomic E-state index is 6.10. The number of halogens is 1. The minimum absolute atomic E-state index is 0. The van der Waals surface area contributed by atoms with Crippen molar-refractivity contribution in [2.24, 2.45) is 10.7 Å². The van der Waals surface area contributed by atoms with Crippen LogP contribution in [0.2, 0.25) is 0 Å². The van der Waals surface area contributed by atoms with E-state index in [1.54, 1.807) is 22.7 Å². The number of thiazole rings is 1. The van der Waals surface area contributed by atoms with Crippen LogP contribution < -0.4 is 10.6 Å². The van der Waals surface area contributed by atoms with E-state index >= 15 is 0 Å². The SMILES string of the molecule is I.NC(=NCCc1cccs1)N1CCN(c2nccs2)CC1. The van der Waals surface area contributed by atoms with Gasteiger partial charge in [-0.2, -0.15) is 0 Å². The average molecular weight is 449 g/mol. The van der Waals surface area contributed by atoms with Crippen molar-refractivity contribution in [1.29, 1.82) is 0 Å². The number of hydrogen-bond donors (Lipinski definition) is 1. The lowest BCUT2D eigenvalue weighted by Gasteiger charge is -2.35. The van der Waals surface area contributed by atoms with Crippen LogP contribution in [-0.2, 0) is 6.42 Å². The fourth-order valence-corrected chi connectivity index (χ4v) is 3.73. The summed E-state index contributed by atoms with van der Waals surface area (Å²) in [5, 5.41) is 5.21. The molecule has 1 aliphatic rings. The largest absolute Gasteiger partial charge is 0.370 e. The summed E-state index contributed by atoms with van der Waals surface area (Å²) < 4.78 is 0. The summed E-state index contributed by atoms with van der Waals surface area (Å²) in [5.74, 6) is 0.672. The number of nitrogens with zero attached hydrogens (tertiary/aromatic N) is 4. The lowest BCUT2D eigenvalue weighted by molar-refractivity contribution is 0.380. The van der Waals surface area contributed by atoms with Gasteiger partial charge in [0, 0.05) is 55.6 Å². The fraction of sp³-hybridized carbons (Fsp3) is 0.429. The average Bonchev–Trinajstić information content (AvgIpc) is 3.21. The van der Waals surface area contributed by atoms with Gasteiger partial charge in [-0.1, -0.05) is 6.07 Å². The number of guanidine groups is 1. The van der Waals surface area contributed by atoms with Crippen LogP contribution in [0.1, 0.15) is 4.88 Å². The van der Waals surface area contributed by atoms with Crippen molar-refractivity contribution >= 4 is 57.7 Å². The van der Waals surface area contributed by atoms with Gasteiger partial charge >= 0.3 is 0 Å². The lowest BCUT2D eigenvalue weighted by Crippen LogP contribution is -2.51. The van der Waals surface area contributed by atoms with E-state index in [4.69, 9.17) is 5.73 Å². The molecule has 1 saturated heterocycles. The maximum absolute atomic E-state index is 6.10. The van der Waals surface area contributed by atoms with Gasteiger partial charge in [-0.05, 0) is 11.4 Å². The molecule has 120 valence electrons. The van der Waals surface area contributed by atoms with Gasteiger partial charge in [0.2, 0.25) is 0 Å². The first-order valence-electron chi connectivity index (χ1n) is 7.04. The number of hydrogen-bond acceptors (Lipinski definition) is 5. The van der Waals surface area contributed by atoms with E-state index in [2.05, 4.69) is 37.3 Å². The van der Waals surface area contributed by atoms with Crippen molar-refractivity contribution < 1.29 is 0 Å². The van der Waals surface area contributed by atoms with Crippen molar-refractivity contribution in [1.82, 2.24) is 9.88 Å². The number of aromatic nitrogens is 1. The number of anilines is 1. The van der Waals surface area contributed by atoms with Crippen molar-refractivity contribution in [3.63, 3.8) is 0 Å². The van der Waals surface area contributed by atoms with Crippen LogP contribution in [-0.4, -0.2) is 48.6 Å². The van der Waals surface area contributed by atoms with Crippen LogP contribution in [0.4, 0.5) is 5.13 Å². The zero-order chi connectivity index (χ0) is 14.5. The summed E-state index contributed by atoms with van der Waals surface area (Å²) in [7, 11) is 0. The van der Waals surface area contributed by atoms with Crippen LogP contribution >= 0.6 is 46.7 Å². The van der Waals surface area contributed by atoms with Crippen LogP contribution in [0.5, 0.6) is 0 Å². The molecule has 0 radical (unpaired) electrons. The van der Waals surface area contributed by atoms with Crippen LogP contribution in [0.25, 0.3) is 0 Å². The summed E-state index contributed by atoms with van der Waals surface area (Å²) in [4.78, 5) is 14.7. The van der Waals surface area contributed by atoms with Crippen molar-refractivity contribution in [3.05, 3.63) is 34.0 Å². The summed E-state index contributed by atoms with van der Waals surface area (Å²) in [6, 6.07) is 4.22. The van der Waals surface area contributed by atoms with Gasteiger partial charge in [0.25, 0.3) is 0 Å². The van der Waals surface area contributed by atoms with Gasteiger partial charge in [-0.25, -0.2) is 4.98 Å². The Hall–Kier alpha value is -0.870. The van der Waals surface area contributed by atoms with Gasteiger partial charge < -0.3 is 15.5 Å². The van der Waals surface area contributed by atoms with Crippen molar-refractivity contribution in [3.8, 4) is 0 Å². The summed E-state index contributed by atoms with van der Waals surface area (Å²) in [6.45, 7) is 4.49. The normalized spacial score (nSPS) is 15.7. The summed E-state index contributed by atoms with van der Waals surface area (Å²) in [6.07, 6.45) is 2.82. The number of aliphatic imine (C=N–C) groups is 1. The maximum Gasteiger partial charge on any atom is 0.191 e. The highest BCUT2D eigenvalue weighted by atomic mass is 127. The zero-order valence-corrected chi connectivity index (χ0v) is 16.2. The van der Waals surface area contributed by atoms with Crippen molar-refractivity contribution in [2.75, 3.05) is 37.6 Å². The highest BCUT2D eigenvalue weighted by Crippen LogP contribution is 2.18. The topological polar surface area (TPSA) is 57.8 Å². The third kappa shape index (κ3) is 4.56. The molecule has 0 unspecified atom stereocenters. The molecule has 0 amide bonds. The van der Waals surface area contributed by atoms with Gasteiger partial charge in [-0.3, -0.25) is 4.99 Å². The molecule has 0 aliphatic carbocycles. The first-order chi connectivity index (χ1) is 10.3. The smallest absolute Gasteiger partial charge is 0.191 e. The van der Waals surface area contributed by atoms with Gasteiger partial charge in [-0.15, -0.1) is 46.7 Å². The number of rotatable bonds is 4. The predicted octanol–water partition coefficient (Wildman–Crippen LogP) is 2.50. The molecule has 0 aromatic carbocycles. The van der Waals surface area contributed by atoms with Crippen LogP contribution in [0.3, 0.4) is 0 Å². The number of thiophene rings is 1. The molecule has 0 bridgehead atoms. The molecule has 0 spiro atoms. The number of nitrogens with two attached hydrogens (primary N) is 1. The van der Waals surface area contributed by atoms with E-state index < -0.39 is 0 Å². The van der Waals surface area contributed by atoms with E-state index in [9.17, 15) is 0 Å². The standard InChI is InChI=1S/C14H19N5S2.HI/c15-13(16-4-3-12-2-1-10-20-12)18-6-8-19(9-7-18)14-17-5-11-21-14;/h1-2,5,10-11H,3-4,6-9H2,(H2,15,16);1H. The molecule has 0 atom stereocenters. The Labute approximate surface area is 155 Å². The number of piperazine rings is 1. The quantitative estimate of drug-likeness (QED) is 0.443. The second kappa shape index (κ2) is 8.68. The van der Waals surface area contributed by atoms with Gasteiger partial charge in [0.05, 0.1) is 0 Å². The molecule has 5 nitrogen and oxygen atoms in total. The first-order valence-corrected chi connectivity index (χ1v) is 8.80. The summed E-state index contributed by atoms with van der Waals surface area (Å²) in [5.41, 5.74) is 6.10. The lowest BCUT2D eigenvalue weighted by atomic mass is 10.3. The molecule has 2 aromatic rings. The minimum Gasteiger partial charge on any atom is -0.370 e. The highest BCUT2D eigenvalue weighted by Gasteiger charge is 2.19. The molecule has 2 aromatic heterocycles. The summed E-state index contributed by atoms with van der Waals surface area (Å²) >= 11 is 3.46. The van der Waals surface area contributed by atoms with Crippen LogP contribution in [0.15, 0.2) is 34.1 Å². The van der Waals surface area contributed by atoms with Gasteiger partial charge in [0.1, 0.15) is 0 Å². The molecule has 8 heteroatoms. The molecule has 1 aliphatic heterocycles. The van der Waals surface area contributed by atoms with E-state index in [-0.39, 0.29) is 24.0 Å². The van der Waals surface area contributed by atoms with E-state index in [0.29, 0.717) is 5.96 Å². The van der Waals surface area contributed by atoms with E-state index in [1.165, 1.54) is 4.88 Å². The Morgan fingerprint density at radius 3 is 2.68 bits per heavy atom. The van der Waals surface area contributed by atoms with Crippen molar-refractivity contribution in [2.45, 2.75) is 6.42 Å². The highest BCUT2D eigenvalue weighted by molar-refractivity contribution is 14.0. The Kier molecular flexibility index (Phi) is 6.90. The fourth-order valence-electron chi connectivity index (χ4n) is 2.33. The molecule has 1 fully saturated rings. The second-order valence-corrected chi connectivity index (χ2v) is 6.76. The molecular formula is C14H20IN5S2. The Bertz CT molecular complexity index is 562. The molecule has 0 saturated carbocycles. The second-order valence-electron chi connectivity index (χ2n) is 4.86. The third-order valence-corrected chi connectivity index (χ3v) is 5.27. The van der Waals surface area contributed by atoms with Crippen LogP contribution in [0, 0.1) is 0 Å². The van der Waals surface area contributed by atoms with Gasteiger partial charge in [0.15, 0.2) is 11.1 Å². The van der Waals surface area contributed by atoms with E-state index in [0.717, 1.165) is 44.3 Å². The Morgan fingerprint density at radius 2 is 2.05 bits per heavy atom. The zero-order valence-electron chi connectivity index (χ0n) is 12.2. The minimum atomic E-state index is 0.